The maximum absolute atomic E-state index is 5.75. The highest BCUT2D eigenvalue weighted by atomic mass is 16.5. The van der Waals surface area contributed by atoms with Gasteiger partial charge in [-0.05, 0) is 45.1 Å². The van der Waals surface area contributed by atoms with E-state index in [4.69, 9.17) is 4.74 Å². The van der Waals surface area contributed by atoms with Crippen LogP contribution in [0.4, 0.5) is 0 Å². The molecule has 2 heterocycles. The first kappa shape index (κ1) is 13.3. The van der Waals surface area contributed by atoms with Gasteiger partial charge in [-0.3, -0.25) is 0 Å². The zero-order chi connectivity index (χ0) is 12.0. The minimum Gasteiger partial charge on any atom is -0.377 e. The van der Waals surface area contributed by atoms with Crippen LogP contribution in [0, 0.1) is 0 Å². The lowest BCUT2D eigenvalue weighted by atomic mass is 9.92. The number of ether oxygens (including phenoxy) is 1. The van der Waals surface area contributed by atoms with Gasteiger partial charge in [-0.1, -0.05) is 13.3 Å². The molecule has 17 heavy (non-hydrogen) atoms. The normalized spacial score (nSPS) is 34.1. The van der Waals surface area contributed by atoms with Crippen molar-refractivity contribution in [2.75, 3.05) is 26.2 Å². The lowest BCUT2D eigenvalue weighted by molar-refractivity contribution is 0.0160. The lowest BCUT2D eigenvalue weighted by Gasteiger charge is -2.31. The number of nitrogens with one attached hydrogen (secondary N) is 2. The van der Waals surface area contributed by atoms with E-state index in [1.807, 2.05) is 0 Å². The molecule has 0 spiro atoms. The molecule has 0 aromatic heterocycles. The molecule has 0 aromatic rings. The van der Waals surface area contributed by atoms with E-state index in [0.29, 0.717) is 11.6 Å². The Balaban J connectivity index is 1.68. The molecule has 2 aliphatic heterocycles. The van der Waals surface area contributed by atoms with Gasteiger partial charge in [0.25, 0.3) is 0 Å². The van der Waals surface area contributed by atoms with Crippen molar-refractivity contribution in [3.8, 4) is 0 Å². The average molecular weight is 240 g/mol. The third-order valence-corrected chi connectivity index (χ3v) is 4.17. The van der Waals surface area contributed by atoms with Crippen molar-refractivity contribution in [3.63, 3.8) is 0 Å². The highest BCUT2D eigenvalue weighted by Gasteiger charge is 2.32. The van der Waals surface area contributed by atoms with Crippen molar-refractivity contribution < 1.29 is 4.74 Å². The van der Waals surface area contributed by atoms with E-state index in [1.165, 1.54) is 51.5 Å². The molecule has 0 radical (unpaired) electrons. The molecule has 3 heteroatoms. The van der Waals surface area contributed by atoms with Crippen molar-refractivity contribution >= 4 is 0 Å². The maximum atomic E-state index is 5.75. The second-order valence-electron chi connectivity index (χ2n) is 5.68. The fourth-order valence-electron chi connectivity index (χ4n) is 3.24. The molecule has 2 aliphatic rings. The largest absolute Gasteiger partial charge is 0.377 e. The Morgan fingerprint density at radius 3 is 2.94 bits per heavy atom. The molecule has 0 bridgehead atoms. The van der Waals surface area contributed by atoms with Crippen LogP contribution in [0.1, 0.15) is 51.9 Å². The van der Waals surface area contributed by atoms with Crippen LogP contribution < -0.4 is 10.6 Å². The predicted octanol–water partition coefficient (Wildman–Crippen LogP) is 2.07. The summed E-state index contributed by atoms with van der Waals surface area (Å²) in [6.07, 6.45) is 9.52. The van der Waals surface area contributed by atoms with Crippen molar-refractivity contribution in [2.45, 2.75) is 63.5 Å². The Hall–Kier alpha value is -0.120. The first-order valence-electron chi connectivity index (χ1n) is 7.42. The summed E-state index contributed by atoms with van der Waals surface area (Å²) in [7, 11) is 0. The van der Waals surface area contributed by atoms with Gasteiger partial charge in [0.05, 0.1) is 6.10 Å². The van der Waals surface area contributed by atoms with Crippen molar-refractivity contribution in [2.24, 2.45) is 0 Å². The van der Waals surface area contributed by atoms with E-state index in [-0.39, 0.29) is 0 Å². The van der Waals surface area contributed by atoms with Crippen molar-refractivity contribution in [1.29, 1.82) is 0 Å². The molecule has 0 aromatic carbocycles. The minimum absolute atomic E-state index is 0.378. The van der Waals surface area contributed by atoms with Gasteiger partial charge in [-0.25, -0.2) is 0 Å². The summed E-state index contributed by atoms with van der Waals surface area (Å²) in [5.74, 6) is 0. The first-order chi connectivity index (χ1) is 8.35. The molecule has 2 fully saturated rings. The van der Waals surface area contributed by atoms with Gasteiger partial charge in [0.1, 0.15) is 0 Å². The van der Waals surface area contributed by atoms with Gasteiger partial charge >= 0.3 is 0 Å². The summed E-state index contributed by atoms with van der Waals surface area (Å²) in [4.78, 5) is 0. The molecule has 2 saturated heterocycles. The van der Waals surface area contributed by atoms with Crippen LogP contribution in [0.3, 0.4) is 0 Å². The lowest BCUT2D eigenvalue weighted by Crippen LogP contribution is -2.49. The minimum atomic E-state index is 0.378. The standard InChI is InChI=1S/C14H28N2O/c1-2-7-14(8-5-9-16-14)12-15-11-13-6-3-4-10-17-13/h13,15-16H,2-12H2,1H3. The summed E-state index contributed by atoms with van der Waals surface area (Å²) in [6, 6.07) is 0. The highest BCUT2D eigenvalue weighted by molar-refractivity contribution is 4.94. The zero-order valence-electron chi connectivity index (χ0n) is 11.3. The number of rotatable bonds is 6. The molecule has 2 atom stereocenters. The zero-order valence-corrected chi connectivity index (χ0v) is 11.3. The second-order valence-corrected chi connectivity index (χ2v) is 5.68. The third kappa shape index (κ3) is 3.94. The van der Waals surface area contributed by atoms with Crippen LogP contribution in [0.2, 0.25) is 0 Å². The second kappa shape index (κ2) is 6.72. The Bertz CT molecular complexity index is 208. The first-order valence-corrected chi connectivity index (χ1v) is 7.42. The van der Waals surface area contributed by atoms with Crippen LogP contribution in [0.5, 0.6) is 0 Å². The molecular formula is C14H28N2O. The molecular weight excluding hydrogens is 212 g/mol. The quantitative estimate of drug-likeness (QED) is 0.745. The van der Waals surface area contributed by atoms with E-state index in [0.717, 1.165) is 19.7 Å². The maximum Gasteiger partial charge on any atom is 0.0699 e. The molecule has 2 rings (SSSR count). The average Bonchev–Trinajstić information content (AvgIpc) is 2.80. The van der Waals surface area contributed by atoms with Crippen molar-refractivity contribution in [3.05, 3.63) is 0 Å². The van der Waals surface area contributed by atoms with E-state index in [2.05, 4.69) is 17.6 Å². The van der Waals surface area contributed by atoms with Crippen LogP contribution in [0.25, 0.3) is 0 Å². The van der Waals surface area contributed by atoms with Crippen LogP contribution >= 0.6 is 0 Å². The van der Waals surface area contributed by atoms with E-state index < -0.39 is 0 Å². The number of hydrogen-bond acceptors (Lipinski definition) is 3. The SMILES string of the molecule is CCCC1(CNCC2CCCCO2)CCCN1. The van der Waals surface area contributed by atoms with Crippen LogP contribution in [-0.4, -0.2) is 37.9 Å². The van der Waals surface area contributed by atoms with E-state index in [1.54, 1.807) is 0 Å². The summed E-state index contributed by atoms with van der Waals surface area (Å²) < 4.78 is 5.75. The van der Waals surface area contributed by atoms with Crippen LogP contribution in [0.15, 0.2) is 0 Å². The van der Waals surface area contributed by atoms with Gasteiger partial charge in [0.2, 0.25) is 0 Å². The molecule has 0 amide bonds. The summed E-state index contributed by atoms with van der Waals surface area (Å²) in [5, 5.41) is 7.34. The molecule has 3 nitrogen and oxygen atoms in total. The van der Waals surface area contributed by atoms with E-state index >= 15 is 0 Å². The summed E-state index contributed by atoms with van der Waals surface area (Å²) >= 11 is 0. The third-order valence-electron chi connectivity index (χ3n) is 4.17. The van der Waals surface area contributed by atoms with Crippen LogP contribution in [-0.2, 0) is 4.74 Å². The smallest absolute Gasteiger partial charge is 0.0699 e. The Kier molecular flexibility index (Phi) is 5.26. The summed E-state index contributed by atoms with van der Waals surface area (Å²) in [5.41, 5.74) is 0.378. The highest BCUT2D eigenvalue weighted by Crippen LogP contribution is 2.24. The Labute approximate surface area is 106 Å². The van der Waals surface area contributed by atoms with Crippen molar-refractivity contribution in [1.82, 2.24) is 10.6 Å². The Morgan fingerprint density at radius 2 is 2.29 bits per heavy atom. The summed E-state index contributed by atoms with van der Waals surface area (Å²) in [6.45, 7) is 6.59. The molecule has 0 aliphatic carbocycles. The molecule has 2 unspecified atom stereocenters. The molecule has 0 saturated carbocycles. The molecule has 2 N–H and O–H groups in total. The number of hydrogen-bond donors (Lipinski definition) is 2. The fraction of sp³-hybridized carbons (Fsp3) is 1.00. The predicted molar refractivity (Wildman–Crippen MR) is 71.3 cm³/mol. The van der Waals surface area contributed by atoms with Gasteiger partial charge < -0.3 is 15.4 Å². The fourth-order valence-corrected chi connectivity index (χ4v) is 3.24. The topological polar surface area (TPSA) is 33.3 Å². The van der Waals surface area contributed by atoms with E-state index in [9.17, 15) is 0 Å². The van der Waals surface area contributed by atoms with Gasteiger partial charge in [0, 0.05) is 25.2 Å². The van der Waals surface area contributed by atoms with Gasteiger partial charge in [0.15, 0.2) is 0 Å². The monoisotopic (exact) mass is 240 g/mol. The van der Waals surface area contributed by atoms with Gasteiger partial charge in [-0.2, -0.15) is 0 Å². The van der Waals surface area contributed by atoms with Gasteiger partial charge in [-0.15, -0.1) is 0 Å². The Morgan fingerprint density at radius 1 is 1.35 bits per heavy atom. The molecule has 100 valence electrons.